The molecule has 2 aromatic rings. The molecule has 0 aromatic heterocycles. The zero-order valence-corrected chi connectivity index (χ0v) is 19.0. The van der Waals surface area contributed by atoms with Crippen LogP contribution in [0.2, 0.25) is 5.02 Å². The van der Waals surface area contributed by atoms with Crippen LogP contribution in [0, 0.1) is 6.92 Å². The molecule has 0 aliphatic rings. The highest BCUT2D eigenvalue weighted by atomic mass is 35.5. The van der Waals surface area contributed by atoms with Crippen LogP contribution in [0.25, 0.3) is 0 Å². The monoisotopic (exact) mass is 428 g/mol. The summed E-state index contributed by atoms with van der Waals surface area (Å²) in [6.45, 7) is 7.14. The van der Waals surface area contributed by atoms with Crippen molar-refractivity contribution in [3.8, 4) is 0 Å². The lowest BCUT2D eigenvalue weighted by molar-refractivity contribution is -0.141. The van der Waals surface area contributed by atoms with Crippen LogP contribution in [0.5, 0.6) is 0 Å². The Kier molecular flexibility index (Phi) is 9.88. The average Bonchev–Trinajstić information content (AvgIpc) is 2.74. The molecule has 0 saturated carbocycles. The maximum atomic E-state index is 13.3. The molecule has 0 fully saturated rings. The van der Waals surface area contributed by atoms with Crippen molar-refractivity contribution in [1.82, 2.24) is 10.2 Å². The van der Waals surface area contributed by atoms with Crippen molar-refractivity contribution >= 4 is 23.4 Å². The second-order valence-corrected chi connectivity index (χ2v) is 8.02. The molecule has 5 heteroatoms. The number of nitrogens with one attached hydrogen (secondary N) is 1. The van der Waals surface area contributed by atoms with Gasteiger partial charge in [-0.25, -0.2) is 0 Å². The highest BCUT2D eigenvalue weighted by Gasteiger charge is 2.28. The lowest BCUT2D eigenvalue weighted by Gasteiger charge is -2.31. The molecular weight excluding hydrogens is 396 g/mol. The summed E-state index contributed by atoms with van der Waals surface area (Å²) in [5.41, 5.74) is 3.12. The van der Waals surface area contributed by atoms with E-state index in [4.69, 9.17) is 11.6 Å². The molecule has 4 nitrogen and oxygen atoms in total. The molecule has 30 heavy (non-hydrogen) atoms. The Balaban J connectivity index is 2.20. The van der Waals surface area contributed by atoms with Gasteiger partial charge in [0.25, 0.3) is 0 Å². The van der Waals surface area contributed by atoms with Crippen LogP contribution in [-0.4, -0.2) is 29.3 Å². The number of amides is 2. The highest BCUT2D eigenvalue weighted by Crippen LogP contribution is 2.20. The van der Waals surface area contributed by atoms with Crippen molar-refractivity contribution in [3.63, 3.8) is 0 Å². The second-order valence-electron chi connectivity index (χ2n) is 7.61. The third kappa shape index (κ3) is 6.88. The number of benzene rings is 2. The molecule has 0 radical (unpaired) electrons. The smallest absolute Gasteiger partial charge is 0.242 e. The van der Waals surface area contributed by atoms with Crippen molar-refractivity contribution in [1.29, 1.82) is 0 Å². The molecule has 0 heterocycles. The van der Waals surface area contributed by atoms with E-state index in [1.807, 2.05) is 62.4 Å². The first-order chi connectivity index (χ1) is 14.5. The number of halogens is 1. The molecule has 2 amide bonds. The number of hydrogen-bond donors (Lipinski definition) is 1. The molecular formula is C25H33ClN2O2. The molecule has 2 aromatic carbocycles. The first-order valence-electron chi connectivity index (χ1n) is 10.8. The minimum Gasteiger partial charge on any atom is -0.354 e. The van der Waals surface area contributed by atoms with E-state index in [9.17, 15) is 9.59 Å². The lowest BCUT2D eigenvalue weighted by Crippen LogP contribution is -2.49. The minimum absolute atomic E-state index is 0.0318. The van der Waals surface area contributed by atoms with Gasteiger partial charge in [-0.3, -0.25) is 9.59 Å². The van der Waals surface area contributed by atoms with Gasteiger partial charge >= 0.3 is 0 Å². The standard InChI is InChI=1S/C25H33ClN2O2/c1-4-6-17-27-25(30)23(5-2)28(18-21-13-8-7-11-19(21)3)24(29)16-15-20-12-9-10-14-22(20)26/h7-14,23H,4-6,15-18H2,1-3H3,(H,27,30)/t23-/m1/s1. The van der Waals surface area contributed by atoms with Crippen molar-refractivity contribution in [3.05, 3.63) is 70.2 Å². The summed E-state index contributed by atoms with van der Waals surface area (Å²) in [6.07, 6.45) is 3.38. The summed E-state index contributed by atoms with van der Waals surface area (Å²) >= 11 is 6.26. The Morgan fingerprint density at radius 2 is 1.70 bits per heavy atom. The lowest BCUT2D eigenvalue weighted by atomic mass is 10.0. The van der Waals surface area contributed by atoms with E-state index in [0.29, 0.717) is 37.4 Å². The average molecular weight is 429 g/mol. The van der Waals surface area contributed by atoms with E-state index >= 15 is 0 Å². The summed E-state index contributed by atoms with van der Waals surface area (Å²) in [6, 6.07) is 15.1. The zero-order chi connectivity index (χ0) is 21.9. The fourth-order valence-electron chi connectivity index (χ4n) is 3.48. The van der Waals surface area contributed by atoms with Crippen molar-refractivity contribution < 1.29 is 9.59 Å². The summed E-state index contributed by atoms with van der Waals surface area (Å²) < 4.78 is 0. The van der Waals surface area contributed by atoms with Gasteiger partial charge < -0.3 is 10.2 Å². The molecule has 0 aliphatic heterocycles. The van der Waals surface area contributed by atoms with Gasteiger partial charge in [0.2, 0.25) is 11.8 Å². The van der Waals surface area contributed by atoms with Gasteiger partial charge in [0.15, 0.2) is 0 Å². The van der Waals surface area contributed by atoms with E-state index in [-0.39, 0.29) is 11.8 Å². The number of rotatable bonds is 11. The van der Waals surface area contributed by atoms with E-state index in [1.54, 1.807) is 4.90 Å². The SMILES string of the molecule is CCCCNC(=O)[C@@H](CC)N(Cc1ccccc1C)C(=O)CCc1ccccc1Cl. The van der Waals surface area contributed by atoms with Gasteiger partial charge in [-0.15, -0.1) is 0 Å². The summed E-state index contributed by atoms with van der Waals surface area (Å²) in [5.74, 6) is -0.110. The Hall–Kier alpha value is -2.33. The molecule has 0 bridgehead atoms. The predicted octanol–water partition coefficient (Wildman–Crippen LogP) is 5.30. The first kappa shape index (κ1) is 23.9. The number of carbonyl (C=O) groups excluding carboxylic acids is 2. The topological polar surface area (TPSA) is 49.4 Å². The minimum atomic E-state index is -0.486. The molecule has 1 atom stereocenters. The molecule has 162 valence electrons. The Morgan fingerprint density at radius 1 is 1.03 bits per heavy atom. The molecule has 0 aliphatic carbocycles. The van der Waals surface area contributed by atoms with Crippen LogP contribution in [0.1, 0.15) is 56.2 Å². The number of nitrogens with zero attached hydrogens (tertiary/aromatic N) is 1. The van der Waals surface area contributed by atoms with Crippen LogP contribution in [-0.2, 0) is 22.6 Å². The molecule has 1 N–H and O–H groups in total. The third-order valence-corrected chi connectivity index (χ3v) is 5.75. The van der Waals surface area contributed by atoms with E-state index in [1.165, 1.54) is 0 Å². The summed E-state index contributed by atoms with van der Waals surface area (Å²) in [7, 11) is 0. The van der Waals surface area contributed by atoms with E-state index in [2.05, 4.69) is 12.2 Å². The molecule has 0 unspecified atom stereocenters. The number of unbranched alkanes of at least 4 members (excludes halogenated alkanes) is 1. The summed E-state index contributed by atoms with van der Waals surface area (Å²) in [5, 5.41) is 3.67. The third-order valence-electron chi connectivity index (χ3n) is 5.38. The van der Waals surface area contributed by atoms with Crippen LogP contribution in [0.3, 0.4) is 0 Å². The van der Waals surface area contributed by atoms with E-state index < -0.39 is 6.04 Å². The Labute approximate surface area is 185 Å². The molecule has 0 spiro atoms. The van der Waals surface area contributed by atoms with Crippen molar-refractivity contribution in [2.45, 2.75) is 65.5 Å². The molecule has 2 rings (SSSR count). The highest BCUT2D eigenvalue weighted by molar-refractivity contribution is 6.31. The largest absolute Gasteiger partial charge is 0.354 e. The number of carbonyl (C=O) groups is 2. The zero-order valence-electron chi connectivity index (χ0n) is 18.3. The van der Waals surface area contributed by atoms with Crippen molar-refractivity contribution in [2.24, 2.45) is 0 Å². The van der Waals surface area contributed by atoms with Crippen LogP contribution in [0.15, 0.2) is 48.5 Å². The van der Waals surface area contributed by atoms with Gasteiger partial charge in [0, 0.05) is 24.5 Å². The fourth-order valence-corrected chi connectivity index (χ4v) is 3.71. The Bertz CT molecular complexity index is 837. The number of hydrogen-bond acceptors (Lipinski definition) is 2. The van der Waals surface area contributed by atoms with Gasteiger partial charge in [0.05, 0.1) is 0 Å². The maximum absolute atomic E-state index is 13.3. The van der Waals surface area contributed by atoms with Crippen LogP contribution < -0.4 is 5.32 Å². The predicted molar refractivity (Wildman–Crippen MR) is 123 cm³/mol. The Morgan fingerprint density at radius 3 is 2.33 bits per heavy atom. The normalized spacial score (nSPS) is 11.7. The molecule has 0 saturated heterocycles. The quantitative estimate of drug-likeness (QED) is 0.493. The van der Waals surface area contributed by atoms with Gasteiger partial charge in [-0.2, -0.15) is 0 Å². The van der Waals surface area contributed by atoms with Gasteiger partial charge in [0.1, 0.15) is 6.04 Å². The fraction of sp³-hybridized carbons (Fsp3) is 0.440. The second kappa shape index (κ2) is 12.4. The maximum Gasteiger partial charge on any atom is 0.242 e. The van der Waals surface area contributed by atoms with Gasteiger partial charge in [-0.1, -0.05) is 74.3 Å². The van der Waals surface area contributed by atoms with E-state index in [0.717, 1.165) is 29.5 Å². The summed E-state index contributed by atoms with van der Waals surface area (Å²) in [4.78, 5) is 27.9. The van der Waals surface area contributed by atoms with Crippen molar-refractivity contribution in [2.75, 3.05) is 6.54 Å². The first-order valence-corrected chi connectivity index (χ1v) is 11.2. The number of aryl methyl sites for hydroxylation is 2. The van der Waals surface area contributed by atoms with Gasteiger partial charge in [-0.05, 0) is 48.9 Å². The van der Waals surface area contributed by atoms with Crippen LogP contribution in [0.4, 0.5) is 0 Å². The van der Waals surface area contributed by atoms with Crippen LogP contribution >= 0.6 is 11.6 Å².